The Morgan fingerprint density at radius 3 is 2.29 bits per heavy atom. The Morgan fingerprint density at radius 2 is 1.76 bits per heavy atom. The first-order valence-corrected chi connectivity index (χ1v) is 8.17. The standard InChI is InChI=1S/C15H19N3O2S/c1-2-18(11-12-6-4-3-5-7-12)13-8-9-15(14(16)10-13)21(17,19)20/h3-10H,2,11,16H2,1H3,(H2,17,19,20). The van der Waals surface area contributed by atoms with E-state index in [0.717, 1.165) is 18.8 Å². The smallest absolute Gasteiger partial charge is 0.240 e. The molecule has 0 aliphatic carbocycles. The van der Waals surface area contributed by atoms with Gasteiger partial charge in [0.2, 0.25) is 10.0 Å². The van der Waals surface area contributed by atoms with E-state index in [4.69, 9.17) is 10.9 Å². The van der Waals surface area contributed by atoms with Crippen LogP contribution in [0, 0.1) is 0 Å². The fourth-order valence-corrected chi connectivity index (χ4v) is 2.83. The molecule has 0 atom stereocenters. The molecule has 0 radical (unpaired) electrons. The summed E-state index contributed by atoms with van der Waals surface area (Å²) < 4.78 is 22.8. The SMILES string of the molecule is CCN(Cc1ccccc1)c1ccc(S(N)(=O)=O)c(N)c1. The number of nitrogens with zero attached hydrogens (tertiary/aromatic N) is 1. The summed E-state index contributed by atoms with van der Waals surface area (Å²) in [5.74, 6) is 0. The van der Waals surface area contributed by atoms with E-state index in [-0.39, 0.29) is 10.6 Å². The Hall–Kier alpha value is -2.05. The third-order valence-electron chi connectivity index (χ3n) is 3.26. The topological polar surface area (TPSA) is 89.4 Å². The highest BCUT2D eigenvalue weighted by Gasteiger charge is 2.14. The van der Waals surface area contributed by atoms with Crippen molar-refractivity contribution in [2.75, 3.05) is 17.2 Å². The number of anilines is 2. The van der Waals surface area contributed by atoms with Gasteiger partial charge in [0.15, 0.2) is 0 Å². The van der Waals surface area contributed by atoms with E-state index in [0.29, 0.717) is 0 Å². The third kappa shape index (κ3) is 3.74. The van der Waals surface area contributed by atoms with Crippen LogP contribution in [0.3, 0.4) is 0 Å². The average Bonchev–Trinajstić information content (AvgIpc) is 2.44. The van der Waals surface area contributed by atoms with Crippen LogP contribution in [0.4, 0.5) is 11.4 Å². The number of hydrogen-bond acceptors (Lipinski definition) is 4. The number of nitrogen functional groups attached to an aromatic ring is 1. The van der Waals surface area contributed by atoms with Gasteiger partial charge in [-0.25, -0.2) is 13.6 Å². The Balaban J connectivity index is 2.29. The van der Waals surface area contributed by atoms with Crippen molar-refractivity contribution in [3.05, 3.63) is 54.1 Å². The fraction of sp³-hybridized carbons (Fsp3) is 0.200. The monoisotopic (exact) mass is 305 g/mol. The highest BCUT2D eigenvalue weighted by molar-refractivity contribution is 7.89. The molecule has 0 bridgehead atoms. The molecule has 2 aromatic rings. The van der Waals surface area contributed by atoms with Gasteiger partial charge in [-0.3, -0.25) is 0 Å². The highest BCUT2D eigenvalue weighted by Crippen LogP contribution is 2.25. The maximum Gasteiger partial charge on any atom is 0.240 e. The lowest BCUT2D eigenvalue weighted by atomic mass is 10.2. The first-order chi connectivity index (χ1) is 9.91. The molecule has 0 saturated heterocycles. The quantitative estimate of drug-likeness (QED) is 0.826. The van der Waals surface area contributed by atoms with E-state index in [9.17, 15) is 8.42 Å². The Labute approximate surface area is 125 Å². The first-order valence-electron chi connectivity index (χ1n) is 6.63. The second kappa shape index (κ2) is 6.15. The zero-order chi connectivity index (χ0) is 15.5. The minimum atomic E-state index is -3.79. The summed E-state index contributed by atoms with van der Waals surface area (Å²) in [7, 11) is -3.79. The Morgan fingerprint density at radius 1 is 1.10 bits per heavy atom. The molecule has 0 heterocycles. The lowest BCUT2D eigenvalue weighted by Gasteiger charge is -2.24. The summed E-state index contributed by atoms with van der Waals surface area (Å²) in [5, 5.41) is 5.12. The van der Waals surface area contributed by atoms with Crippen molar-refractivity contribution in [1.82, 2.24) is 0 Å². The van der Waals surface area contributed by atoms with Crippen molar-refractivity contribution in [3.63, 3.8) is 0 Å². The van der Waals surface area contributed by atoms with Crippen LogP contribution in [0.15, 0.2) is 53.4 Å². The summed E-state index contributed by atoms with van der Waals surface area (Å²) in [6.45, 7) is 3.54. The van der Waals surface area contributed by atoms with Crippen LogP contribution < -0.4 is 15.8 Å². The van der Waals surface area contributed by atoms with Crippen LogP contribution in [0.25, 0.3) is 0 Å². The van der Waals surface area contributed by atoms with Gasteiger partial charge in [0, 0.05) is 18.8 Å². The van der Waals surface area contributed by atoms with Gasteiger partial charge in [-0.15, -0.1) is 0 Å². The van der Waals surface area contributed by atoms with Gasteiger partial charge in [0.1, 0.15) is 4.90 Å². The van der Waals surface area contributed by atoms with Gasteiger partial charge in [0.05, 0.1) is 5.69 Å². The average molecular weight is 305 g/mol. The maximum atomic E-state index is 11.4. The lowest BCUT2D eigenvalue weighted by Crippen LogP contribution is -2.22. The maximum absolute atomic E-state index is 11.4. The van der Waals surface area contributed by atoms with E-state index in [2.05, 4.69) is 4.90 Å². The van der Waals surface area contributed by atoms with Gasteiger partial charge >= 0.3 is 0 Å². The molecule has 0 aliphatic rings. The molecule has 6 heteroatoms. The predicted molar refractivity (Wildman–Crippen MR) is 85.4 cm³/mol. The van der Waals surface area contributed by atoms with E-state index in [1.54, 1.807) is 12.1 Å². The van der Waals surface area contributed by atoms with E-state index in [1.807, 2.05) is 37.3 Å². The van der Waals surface area contributed by atoms with Crippen LogP contribution in [0.2, 0.25) is 0 Å². The molecular weight excluding hydrogens is 286 g/mol. The fourth-order valence-electron chi connectivity index (χ4n) is 2.18. The normalized spacial score (nSPS) is 11.3. The first kappa shape index (κ1) is 15.3. The largest absolute Gasteiger partial charge is 0.398 e. The molecule has 0 aliphatic heterocycles. The number of rotatable bonds is 5. The van der Waals surface area contributed by atoms with Crippen molar-refractivity contribution < 1.29 is 8.42 Å². The Kier molecular flexibility index (Phi) is 4.50. The molecule has 112 valence electrons. The molecule has 2 aromatic carbocycles. The van der Waals surface area contributed by atoms with Crippen molar-refractivity contribution in [1.29, 1.82) is 0 Å². The molecule has 2 rings (SSSR count). The minimum Gasteiger partial charge on any atom is -0.398 e. The highest BCUT2D eigenvalue weighted by atomic mass is 32.2. The van der Waals surface area contributed by atoms with E-state index in [1.165, 1.54) is 11.6 Å². The second-order valence-electron chi connectivity index (χ2n) is 4.77. The second-order valence-corrected chi connectivity index (χ2v) is 6.30. The van der Waals surface area contributed by atoms with Crippen LogP contribution in [-0.2, 0) is 16.6 Å². The van der Waals surface area contributed by atoms with Crippen LogP contribution in [0.1, 0.15) is 12.5 Å². The Bertz CT molecular complexity index is 715. The summed E-state index contributed by atoms with van der Waals surface area (Å²) in [6, 6.07) is 14.9. The number of primary sulfonamides is 1. The molecule has 0 unspecified atom stereocenters. The molecule has 0 saturated carbocycles. The van der Waals surface area contributed by atoms with Crippen molar-refractivity contribution in [2.45, 2.75) is 18.4 Å². The number of sulfonamides is 1. The van der Waals surface area contributed by atoms with Crippen molar-refractivity contribution in [3.8, 4) is 0 Å². The molecule has 0 amide bonds. The van der Waals surface area contributed by atoms with E-state index < -0.39 is 10.0 Å². The van der Waals surface area contributed by atoms with Gasteiger partial charge in [-0.05, 0) is 30.7 Å². The van der Waals surface area contributed by atoms with E-state index >= 15 is 0 Å². The number of nitrogens with two attached hydrogens (primary N) is 2. The zero-order valence-corrected chi connectivity index (χ0v) is 12.7. The predicted octanol–water partition coefficient (Wildman–Crippen LogP) is 1.94. The number of hydrogen-bond donors (Lipinski definition) is 2. The van der Waals surface area contributed by atoms with Gasteiger partial charge in [-0.2, -0.15) is 0 Å². The lowest BCUT2D eigenvalue weighted by molar-refractivity contribution is 0.598. The van der Waals surface area contributed by atoms with Crippen LogP contribution in [0.5, 0.6) is 0 Å². The van der Waals surface area contributed by atoms with Gasteiger partial charge in [-0.1, -0.05) is 30.3 Å². The van der Waals surface area contributed by atoms with Crippen LogP contribution in [-0.4, -0.2) is 15.0 Å². The van der Waals surface area contributed by atoms with Crippen molar-refractivity contribution in [2.24, 2.45) is 5.14 Å². The minimum absolute atomic E-state index is 0.0398. The molecule has 5 nitrogen and oxygen atoms in total. The summed E-state index contributed by atoms with van der Waals surface area (Å²) in [5.41, 5.74) is 8.02. The zero-order valence-electron chi connectivity index (χ0n) is 11.9. The van der Waals surface area contributed by atoms with Gasteiger partial charge < -0.3 is 10.6 Å². The molecule has 21 heavy (non-hydrogen) atoms. The summed E-state index contributed by atoms with van der Waals surface area (Å²) >= 11 is 0. The molecule has 0 fully saturated rings. The molecule has 4 N–H and O–H groups in total. The molecule has 0 spiro atoms. The molecular formula is C15H19N3O2S. The van der Waals surface area contributed by atoms with Crippen LogP contribution >= 0.6 is 0 Å². The summed E-state index contributed by atoms with van der Waals surface area (Å²) in [4.78, 5) is 2.07. The molecule has 0 aromatic heterocycles. The van der Waals surface area contributed by atoms with Gasteiger partial charge in [0.25, 0.3) is 0 Å². The third-order valence-corrected chi connectivity index (χ3v) is 4.25. The number of benzene rings is 2. The van der Waals surface area contributed by atoms with Crippen molar-refractivity contribution >= 4 is 21.4 Å². The summed E-state index contributed by atoms with van der Waals surface area (Å²) in [6.07, 6.45) is 0.